The Morgan fingerprint density at radius 2 is 1.75 bits per heavy atom. The van der Waals surface area contributed by atoms with Crippen molar-refractivity contribution in [1.82, 2.24) is 35.0 Å². The monoisotopic (exact) mass is 471 g/mol. The largest absolute Gasteiger partial charge is 0.353 e. The lowest BCUT2D eigenvalue weighted by atomic mass is 10.0. The van der Waals surface area contributed by atoms with Gasteiger partial charge in [-0.15, -0.1) is 0 Å². The molecule has 2 N–H and O–H groups in total. The molecular weight excluding hydrogens is 446 g/mol. The number of hydrogen-bond acceptors (Lipinski definition) is 5. The summed E-state index contributed by atoms with van der Waals surface area (Å²) in [5.74, 6) is 0. The minimum atomic E-state index is 0.693. The maximum absolute atomic E-state index is 4.65. The Labute approximate surface area is 208 Å². The molecule has 0 amide bonds. The van der Waals surface area contributed by atoms with Crippen LogP contribution in [0.3, 0.4) is 0 Å². The van der Waals surface area contributed by atoms with Gasteiger partial charge in [0.1, 0.15) is 0 Å². The van der Waals surface area contributed by atoms with Crippen molar-refractivity contribution in [1.29, 1.82) is 0 Å². The van der Waals surface area contributed by atoms with Crippen LogP contribution in [0.5, 0.6) is 0 Å². The van der Waals surface area contributed by atoms with Crippen molar-refractivity contribution in [2.45, 2.75) is 19.4 Å². The van der Waals surface area contributed by atoms with Gasteiger partial charge in [-0.1, -0.05) is 18.2 Å². The fraction of sp³-hybridized carbons (Fsp3) is 0.172. The van der Waals surface area contributed by atoms with E-state index in [0.29, 0.717) is 5.65 Å². The summed E-state index contributed by atoms with van der Waals surface area (Å²) >= 11 is 0. The van der Waals surface area contributed by atoms with Crippen molar-refractivity contribution in [2.75, 3.05) is 13.1 Å². The second-order valence-electron chi connectivity index (χ2n) is 9.42. The topological polar surface area (TPSA) is 86.4 Å². The minimum absolute atomic E-state index is 0.693. The second-order valence-corrected chi connectivity index (χ2v) is 9.42. The Bertz CT molecular complexity index is 1680. The van der Waals surface area contributed by atoms with Crippen LogP contribution in [-0.2, 0) is 6.54 Å². The highest BCUT2D eigenvalue weighted by Gasteiger charge is 2.16. The summed E-state index contributed by atoms with van der Waals surface area (Å²) in [6.45, 7) is 3.28. The molecule has 176 valence electrons. The summed E-state index contributed by atoms with van der Waals surface area (Å²) < 4.78 is 0. The van der Waals surface area contributed by atoms with Crippen LogP contribution in [0, 0.1) is 0 Å². The van der Waals surface area contributed by atoms with Crippen molar-refractivity contribution in [3.63, 3.8) is 0 Å². The quantitative estimate of drug-likeness (QED) is 0.331. The summed E-state index contributed by atoms with van der Waals surface area (Å²) in [4.78, 5) is 19.8. The molecule has 0 radical (unpaired) electrons. The molecule has 7 heteroatoms. The Hall–Kier alpha value is -4.36. The molecule has 6 heterocycles. The van der Waals surface area contributed by atoms with E-state index in [1.165, 1.54) is 31.5 Å². The first-order chi connectivity index (χ1) is 17.8. The van der Waals surface area contributed by atoms with E-state index in [1.54, 1.807) is 0 Å². The van der Waals surface area contributed by atoms with Crippen molar-refractivity contribution in [2.24, 2.45) is 0 Å². The highest BCUT2D eigenvalue weighted by molar-refractivity contribution is 6.00. The summed E-state index contributed by atoms with van der Waals surface area (Å²) in [6.07, 6.45) is 10.2. The molecule has 0 unspecified atom stereocenters. The molecule has 1 fully saturated rings. The average molecular weight is 472 g/mol. The van der Waals surface area contributed by atoms with Crippen molar-refractivity contribution >= 4 is 21.9 Å². The number of pyridine rings is 3. The number of hydrogen-bond donors (Lipinski definition) is 2. The third-order valence-corrected chi connectivity index (χ3v) is 7.02. The zero-order valence-electron chi connectivity index (χ0n) is 19.8. The molecule has 0 saturated carbocycles. The number of benzene rings is 1. The Morgan fingerprint density at radius 1 is 0.833 bits per heavy atom. The lowest BCUT2D eigenvalue weighted by molar-refractivity contribution is 0.331. The maximum atomic E-state index is 4.65. The maximum Gasteiger partial charge on any atom is 0.181 e. The predicted octanol–water partition coefficient (Wildman–Crippen LogP) is 5.83. The number of nitrogens with zero attached hydrogens (tertiary/aromatic N) is 5. The Balaban J connectivity index is 1.28. The van der Waals surface area contributed by atoms with Gasteiger partial charge < -0.3 is 4.98 Å². The molecule has 5 aromatic heterocycles. The van der Waals surface area contributed by atoms with E-state index in [2.05, 4.69) is 71.4 Å². The zero-order valence-corrected chi connectivity index (χ0v) is 19.8. The fourth-order valence-electron chi connectivity index (χ4n) is 5.23. The summed E-state index contributed by atoms with van der Waals surface area (Å²) in [5, 5.41) is 9.78. The predicted molar refractivity (Wildman–Crippen MR) is 142 cm³/mol. The average Bonchev–Trinajstić information content (AvgIpc) is 3.68. The van der Waals surface area contributed by atoms with Crippen LogP contribution in [0.2, 0.25) is 0 Å². The molecule has 1 aliphatic heterocycles. The second kappa shape index (κ2) is 8.70. The molecule has 0 aliphatic carbocycles. The lowest BCUT2D eigenvalue weighted by Gasteiger charge is -2.14. The highest BCUT2D eigenvalue weighted by atomic mass is 15.2. The van der Waals surface area contributed by atoms with Gasteiger partial charge in [-0.25, -0.2) is 4.98 Å². The smallest absolute Gasteiger partial charge is 0.181 e. The van der Waals surface area contributed by atoms with Crippen LogP contribution >= 0.6 is 0 Å². The first-order valence-corrected chi connectivity index (χ1v) is 12.4. The Kier molecular flexibility index (Phi) is 5.06. The van der Waals surface area contributed by atoms with E-state index in [9.17, 15) is 0 Å². The van der Waals surface area contributed by atoms with Crippen molar-refractivity contribution in [3.05, 3.63) is 84.9 Å². The number of nitrogens with one attached hydrogen (secondary N) is 2. The van der Waals surface area contributed by atoms with Crippen LogP contribution in [0.25, 0.3) is 55.7 Å². The number of fused-ring (bicyclic) bond motifs is 2. The lowest BCUT2D eigenvalue weighted by Crippen LogP contribution is -2.18. The first-order valence-electron chi connectivity index (χ1n) is 12.4. The highest BCUT2D eigenvalue weighted by Crippen LogP contribution is 2.34. The number of rotatable bonds is 5. The van der Waals surface area contributed by atoms with E-state index in [4.69, 9.17) is 0 Å². The van der Waals surface area contributed by atoms with Gasteiger partial charge in [-0.3, -0.25) is 20.0 Å². The molecule has 1 aromatic carbocycles. The number of H-pyrrole nitrogens is 2. The molecule has 7 nitrogen and oxygen atoms in total. The fourth-order valence-corrected chi connectivity index (χ4v) is 5.23. The van der Waals surface area contributed by atoms with Crippen molar-refractivity contribution in [3.8, 4) is 33.8 Å². The van der Waals surface area contributed by atoms with Gasteiger partial charge in [0.2, 0.25) is 0 Å². The molecule has 7 rings (SSSR count). The SMILES string of the molecule is c1ccc(-c2cccc3[nH]c(-c4[nH]nc5ncc(-c6cncc(CN7CCCC7)c6)cc45)cc23)nc1. The van der Waals surface area contributed by atoms with Gasteiger partial charge in [0.05, 0.1) is 17.1 Å². The normalized spacial score (nSPS) is 14.2. The third kappa shape index (κ3) is 3.74. The van der Waals surface area contributed by atoms with Crippen LogP contribution in [0.4, 0.5) is 0 Å². The Morgan fingerprint density at radius 3 is 2.64 bits per heavy atom. The van der Waals surface area contributed by atoms with Gasteiger partial charge in [0.25, 0.3) is 0 Å². The molecule has 0 spiro atoms. The molecule has 36 heavy (non-hydrogen) atoms. The number of aromatic nitrogens is 6. The van der Waals surface area contributed by atoms with E-state index < -0.39 is 0 Å². The molecular formula is C29H25N7. The van der Waals surface area contributed by atoms with Crippen LogP contribution in [-0.4, -0.2) is 48.1 Å². The van der Waals surface area contributed by atoms with E-state index in [0.717, 1.165) is 56.6 Å². The molecule has 0 atom stereocenters. The first kappa shape index (κ1) is 21.0. The van der Waals surface area contributed by atoms with Crippen LogP contribution < -0.4 is 0 Å². The zero-order chi connectivity index (χ0) is 23.9. The van der Waals surface area contributed by atoms with E-state index >= 15 is 0 Å². The third-order valence-electron chi connectivity index (χ3n) is 7.02. The summed E-state index contributed by atoms with van der Waals surface area (Å²) in [6, 6.07) is 18.8. The van der Waals surface area contributed by atoms with Gasteiger partial charge >= 0.3 is 0 Å². The van der Waals surface area contributed by atoms with Crippen molar-refractivity contribution < 1.29 is 0 Å². The standard InChI is InChI=1S/C29H25N7/c1-2-9-31-25(7-1)22-6-5-8-26-23(22)14-27(33-26)28-24-13-21(17-32-29(24)35-34-28)20-12-19(15-30-16-20)18-36-10-3-4-11-36/h1-2,5-9,12-17,33H,3-4,10-11,18H2,(H,32,34,35). The van der Waals surface area contributed by atoms with E-state index in [-0.39, 0.29) is 0 Å². The van der Waals surface area contributed by atoms with Crippen LogP contribution in [0.1, 0.15) is 18.4 Å². The van der Waals surface area contributed by atoms with Gasteiger partial charge in [0.15, 0.2) is 5.65 Å². The molecule has 6 aromatic rings. The number of aromatic amines is 2. The number of likely N-dealkylation sites (tertiary alicyclic amines) is 1. The van der Waals surface area contributed by atoms with Gasteiger partial charge in [-0.05, 0) is 67.9 Å². The van der Waals surface area contributed by atoms with Gasteiger partial charge in [0, 0.05) is 64.3 Å². The molecule has 1 aliphatic rings. The molecule has 0 bridgehead atoms. The van der Waals surface area contributed by atoms with Gasteiger partial charge in [-0.2, -0.15) is 5.10 Å². The summed E-state index contributed by atoms with van der Waals surface area (Å²) in [5.41, 5.74) is 9.03. The van der Waals surface area contributed by atoms with Crippen LogP contribution in [0.15, 0.2) is 79.4 Å². The van der Waals surface area contributed by atoms with E-state index in [1.807, 2.05) is 43.0 Å². The minimum Gasteiger partial charge on any atom is -0.353 e. The summed E-state index contributed by atoms with van der Waals surface area (Å²) in [7, 11) is 0. The molecule has 1 saturated heterocycles.